The molecule has 94 valence electrons. The lowest BCUT2D eigenvalue weighted by Crippen LogP contribution is -2.36. The van der Waals surface area contributed by atoms with E-state index < -0.39 is 0 Å². The summed E-state index contributed by atoms with van der Waals surface area (Å²) < 4.78 is 11.0. The van der Waals surface area contributed by atoms with E-state index in [1.54, 1.807) is 7.11 Å². The average molecular weight is 253 g/mol. The van der Waals surface area contributed by atoms with E-state index >= 15 is 0 Å². The Kier molecular flexibility index (Phi) is 4.57. The summed E-state index contributed by atoms with van der Waals surface area (Å²) in [5, 5.41) is 0. The van der Waals surface area contributed by atoms with E-state index in [1.165, 1.54) is 12.2 Å². The zero-order chi connectivity index (χ0) is 12.1. The van der Waals surface area contributed by atoms with Gasteiger partial charge >= 0.3 is 0 Å². The minimum absolute atomic E-state index is 0.120. The number of thioether (sulfide) groups is 1. The normalized spacial score (nSPS) is 21.2. The SMILES string of the molecule is COc1ccccc1OCC(N)C1CCSC1. The number of hydrogen-bond donors (Lipinski definition) is 1. The van der Waals surface area contributed by atoms with Gasteiger partial charge in [0, 0.05) is 6.04 Å². The van der Waals surface area contributed by atoms with Gasteiger partial charge in [0.05, 0.1) is 7.11 Å². The third kappa shape index (κ3) is 3.30. The Morgan fingerprint density at radius 1 is 1.41 bits per heavy atom. The summed E-state index contributed by atoms with van der Waals surface area (Å²) in [5.74, 6) is 4.52. The van der Waals surface area contributed by atoms with Crippen molar-refractivity contribution >= 4 is 11.8 Å². The molecule has 4 heteroatoms. The molecule has 1 aliphatic heterocycles. The molecule has 1 aromatic carbocycles. The van der Waals surface area contributed by atoms with Gasteiger partial charge in [0.25, 0.3) is 0 Å². The van der Waals surface area contributed by atoms with Crippen LogP contribution in [0.1, 0.15) is 6.42 Å². The fourth-order valence-corrected chi connectivity index (χ4v) is 3.30. The minimum atomic E-state index is 0.120. The highest BCUT2D eigenvalue weighted by atomic mass is 32.2. The van der Waals surface area contributed by atoms with Crippen LogP contribution >= 0.6 is 11.8 Å². The minimum Gasteiger partial charge on any atom is -0.493 e. The van der Waals surface area contributed by atoms with E-state index in [2.05, 4.69) is 0 Å². The number of nitrogens with two attached hydrogens (primary N) is 1. The molecule has 1 aromatic rings. The third-order valence-corrected chi connectivity index (χ3v) is 4.26. The Hall–Kier alpha value is -0.870. The maximum Gasteiger partial charge on any atom is 0.161 e. The Labute approximate surface area is 107 Å². The first-order valence-corrected chi connectivity index (χ1v) is 7.06. The number of hydrogen-bond acceptors (Lipinski definition) is 4. The summed E-state index contributed by atoms with van der Waals surface area (Å²) >= 11 is 1.98. The van der Waals surface area contributed by atoms with Crippen molar-refractivity contribution in [2.24, 2.45) is 11.7 Å². The van der Waals surface area contributed by atoms with Gasteiger partial charge in [-0.1, -0.05) is 12.1 Å². The largest absolute Gasteiger partial charge is 0.493 e. The van der Waals surface area contributed by atoms with Crippen LogP contribution in [0.25, 0.3) is 0 Å². The number of rotatable bonds is 5. The molecule has 0 bridgehead atoms. The summed E-state index contributed by atoms with van der Waals surface area (Å²) in [7, 11) is 1.65. The van der Waals surface area contributed by atoms with Crippen molar-refractivity contribution in [3.8, 4) is 11.5 Å². The number of benzene rings is 1. The quantitative estimate of drug-likeness (QED) is 0.873. The van der Waals surface area contributed by atoms with Crippen molar-refractivity contribution in [2.75, 3.05) is 25.2 Å². The van der Waals surface area contributed by atoms with Crippen molar-refractivity contribution < 1.29 is 9.47 Å². The highest BCUT2D eigenvalue weighted by Crippen LogP contribution is 2.28. The molecule has 2 unspecified atom stereocenters. The van der Waals surface area contributed by atoms with Crippen LogP contribution in [0, 0.1) is 5.92 Å². The lowest BCUT2D eigenvalue weighted by Gasteiger charge is -2.19. The van der Waals surface area contributed by atoms with Crippen LogP contribution in [-0.4, -0.2) is 31.3 Å². The molecule has 0 aliphatic carbocycles. The second-order valence-corrected chi connectivity index (χ2v) is 5.40. The van der Waals surface area contributed by atoms with Crippen LogP contribution in [0.5, 0.6) is 11.5 Å². The van der Waals surface area contributed by atoms with E-state index in [0.717, 1.165) is 17.3 Å². The molecule has 1 aliphatic rings. The Morgan fingerprint density at radius 3 is 2.82 bits per heavy atom. The Bertz CT molecular complexity index is 353. The lowest BCUT2D eigenvalue weighted by molar-refractivity contribution is 0.244. The van der Waals surface area contributed by atoms with Crippen LogP contribution in [0.4, 0.5) is 0 Å². The topological polar surface area (TPSA) is 44.5 Å². The molecule has 2 N–H and O–H groups in total. The van der Waals surface area contributed by atoms with Gasteiger partial charge in [0.15, 0.2) is 11.5 Å². The summed E-state index contributed by atoms with van der Waals surface area (Å²) in [6, 6.07) is 7.80. The standard InChI is InChI=1S/C13H19NO2S/c1-15-12-4-2-3-5-13(12)16-8-11(14)10-6-7-17-9-10/h2-5,10-11H,6-9,14H2,1H3. The first kappa shape index (κ1) is 12.6. The molecule has 1 saturated heterocycles. The van der Waals surface area contributed by atoms with E-state index in [-0.39, 0.29) is 6.04 Å². The molecular formula is C13H19NO2S. The highest BCUT2D eigenvalue weighted by Gasteiger charge is 2.23. The maximum atomic E-state index is 6.14. The molecule has 1 heterocycles. The zero-order valence-corrected chi connectivity index (χ0v) is 10.9. The first-order chi connectivity index (χ1) is 8.31. The van der Waals surface area contributed by atoms with Crippen LogP contribution in [-0.2, 0) is 0 Å². The van der Waals surface area contributed by atoms with E-state index in [4.69, 9.17) is 15.2 Å². The molecule has 1 fully saturated rings. The van der Waals surface area contributed by atoms with Gasteiger partial charge in [-0.3, -0.25) is 0 Å². The average Bonchev–Trinajstić information content (AvgIpc) is 2.90. The van der Waals surface area contributed by atoms with Gasteiger partial charge in [-0.2, -0.15) is 11.8 Å². The van der Waals surface area contributed by atoms with Gasteiger partial charge in [0.2, 0.25) is 0 Å². The van der Waals surface area contributed by atoms with Crippen molar-refractivity contribution in [1.82, 2.24) is 0 Å². The second-order valence-electron chi connectivity index (χ2n) is 4.25. The Morgan fingerprint density at radius 2 is 2.18 bits per heavy atom. The summed E-state index contributed by atoms with van der Waals surface area (Å²) in [6.07, 6.45) is 1.21. The molecule has 0 spiro atoms. The summed E-state index contributed by atoms with van der Waals surface area (Å²) in [4.78, 5) is 0. The fraction of sp³-hybridized carbons (Fsp3) is 0.538. The highest BCUT2D eigenvalue weighted by molar-refractivity contribution is 7.99. The van der Waals surface area contributed by atoms with E-state index in [1.807, 2.05) is 36.0 Å². The van der Waals surface area contributed by atoms with Gasteiger partial charge < -0.3 is 15.2 Å². The molecule has 2 rings (SSSR count). The molecule has 0 aromatic heterocycles. The molecular weight excluding hydrogens is 234 g/mol. The summed E-state index contributed by atoms with van der Waals surface area (Å²) in [5.41, 5.74) is 6.14. The smallest absolute Gasteiger partial charge is 0.161 e. The van der Waals surface area contributed by atoms with Crippen LogP contribution in [0.15, 0.2) is 24.3 Å². The van der Waals surface area contributed by atoms with Crippen molar-refractivity contribution in [3.05, 3.63) is 24.3 Å². The second kappa shape index (κ2) is 6.17. The fourth-order valence-electron chi connectivity index (χ4n) is 1.95. The summed E-state index contributed by atoms with van der Waals surface area (Å²) in [6.45, 7) is 0.561. The number of methoxy groups -OCH3 is 1. The van der Waals surface area contributed by atoms with Gasteiger partial charge in [-0.05, 0) is 36.0 Å². The number of para-hydroxylation sites is 2. The van der Waals surface area contributed by atoms with Crippen LogP contribution in [0.3, 0.4) is 0 Å². The molecule has 0 amide bonds. The third-order valence-electron chi connectivity index (χ3n) is 3.07. The van der Waals surface area contributed by atoms with Crippen molar-refractivity contribution in [1.29, 1.82) is 0 Å². The van der Waals surface area contributed by atoms with Gasteiger partial charge in [0.1, 0.15) is 6.61 Å². The van der Waals surface area contributed by atoms with E-state index in [0.29, 0.717) is 12.5 Å². The van der Waals surface area contributed by atoms with Gasteiger partial charge in [-0.25, -0.2) is 0 Å². The maximum absolute atomic E-state index is 6.14. The van der Waals surface area contributed by atoms with Crippen molar-refractivity contribution in [2.45, 2.75) is 12.5 Å². The van der Waals surface area contributed by atoms with Crippen molar-refractivity contribution in [3.63, 3.8) is 0 Å². The zero-order valence-electron chi connectivity index (χ0n) is 10.1. The predicted molar refractivity (Wildman–Crippen MR) is 71.9 cm³/mol. The molecule has 3 nitrogen and oxygen atoms in total. The lowest BCUT2D eigenvalue weighted by atomic mass is 10.0. The monoisotopic (exact) mass is 253 g/mol. The van der Waals surface area contributed by atoms with Gasteiger partial charge in [-0.15, -0.1) is 0 Å². The molecule has 0 radical (unpaired) electrons. The molecule has 17 heavy (non-hydrogen) atoms. The first-order valence-electron chi connectivity index (χ1n) is 5.90. The van der Waals surface area contributed by atoms with Crippen LogP contribution in [0.2, 0.25) is 0 Å². The molecule has 2 atom stereocenters. The molecule has 0 saturated carbocycles. The predicted octanol–water partition coefficient (Wildman–Crippen LogP) is 2.15. The van der Waals surface area contributed by atoms with E-state index in [9.17, 15) is 0 Å². The Balaban J connectivity index is 1.88. The van der Waals surface area contributed by atoms with Crippen LogP contribution < -0.4 is 15.2 Å². The number of ether oxygens (including phenoxy) is 2.